The molecule has 6 nitrogen and oxygen atoms in total. The van der Waals surface area contributed by atoms with Crippen molar-refractivity contribution in [1.82, 2.24) is 19.8 Å². The first-order chi connectivity index (χ1) is 12.8. The van der Waals surface area contributed by atoms with Crippen LogP contribution >= 0.6 is 11.3 Å². The zero-order chi connectivity index (χ0) is 17.8. The van der Waals surface area contributed by atoms with E-state index in [0.29, 0.717) is 19.6 Å². The first kappa shape index (κ1) is 16.7. The van der Waals surface area contributed by atoms with Crippen molar-refractivity contribution in [2.75, 3.05) is 13.7 Å². The number of hydrogen-bond donors (Lipinski definition) is 0. The molecule has 0 atom stereocenters. The van der Waals surface area contributed by atoms with Crippen molar-refractivity contribution in [1.29, 1.82) is 0 Å². The molecule has 0 aliphatic heterocycles. The molecule has 0 fully saturated rings. The summed E-state index contributed by atoms with van der Waals surface area (Å²) >= 11 is 1.52. The maximum absolute atomic E-state index is 5.83. The Morgan fingerprint density at radius 1 is 1.00 bits per heavy atom. The van der Waals surface area contributed by atoms with Crippen molar-refractivity contribution >= 4 is 16.3 Å². The topological polar surface area (TPSA) is 61.5 Å². The molecule has 2 heterocycles. The van der Waals surface area contributed by atoms with Crippen LogP contribution in [0.25, 0.3) is 15.5 Å². The summed E-state index contributed by atoms with van der Waals surface area (Å²) in [6.45, 7) is 1.15. The number of benzene rings is 2. The number of hydrogen-bond acceptors (Lipinski definition) is 6. The lowest BCUT2D eigenvalue weighted by atomic mass is 10.2. The molecule has 4 aromatic rings. The molecule has 0 saturated heterocycles. The fraction of sp³-hybridized carbons (Fsp3) is 0.211. The molecule has 4 rings (SSSR count). The van der Waals surface area contributed by atoms with E-state index in [1.54, 1.807) is 11.6 Å². The minimum absolute atomic E-state index is 0.555. The molecule has 0 N–H and O–H groups in total. The molecule has 26 heavy (non-hydrogen) atoms. The summed E-state index contributed by atoms with van der Waals surface area (Å²) in [7, 11) is 1.67. The Labute approximate surface area is 155 Å². The van der Waals surface area contributed by atoms with Crippen LogP contribution in [0.5, 0.6) is 5.75 Å². The molecule has 0 aliphatic carbocycles. The SMILES string of the molecule is COCCc1nnc2sc(-c3ccc(OCc4ccccc4)cc3)nn12. The van der Waals surface area contributed by atoms with Crippen molar-refractivity contribution in [3.05, 3.63) is 66.0 Å². The van der Waals surface area contributed by atoms with Crippen molar-refractivity contribution in [3.63, 3.8) is 0 Å². The number of aromatic nitrogens is 4. The zero-order valence-corrected chi connectivity index (χ0v) is 15.1. The van der Waals surface area contributed by atoms with Gasteiger partial charge >= 0.3 is 0 Å². The van der Waals surface area contributed by atoms with Crippen LogP contribution < -0.4 is 4.74 Å². The van der Waals surface area contributed by atoms with Crippen LogP contribution in [0.15, 0.2) is 54.6 Å². The maximum atomic E-state index is 5.83. The van der Waals surface area contributed by atoms with Crippen LogP contribution in [0.4, 0.5) is 0 Å². The van der Waals surface area contributed by atoms with E-state index >= 15 is 0 Å². The Kier molecular flexibility index (Phi) is 4.90. The second-order valence-corrected chi connectivity index (χ2v) is 6.72. The Morgan fingerprint density at radius 3 is 2.58 bits per heavy atom. The van der Waals surface area contributed by atoms with E-state index in [4.69, 9.17) is 9.47 Å². The average molecular weight is 366 g/mol. The maximum Gasteiger partial charge on any atom is 0.234 e. The summed E-state index contributed by atoms with van der Waals surface area (Å²) in [6, 6.07) is 18.1. The van der Waals surface area contributed by atoms with E-state index in [1.165, 1.54) is 11.3 Å². The van der Waals surface area contributed by atoms with Gasteiger partial charge in [-0.3, -0.25) is 0 Å². The number of methoxy groups -OCH3 is 1. The van der Waals surface area contributed by atoms with Crippen molar-refractivity contribution in [2.24, 2.45) is 0 Å². The lowest BCUT2D eigenvalue weighted by molar-refractivity contribution is 0.200. The van der Waals surface area contributed by atoms with E-state index < -0.39 is 0 Å². The first-order valence-corrected chi connectivity index (χ1v) is 9.12. The summed E-state index contributed by atoms with van der Waals surface area (Å²) in [5.41, 5.74) is 2.18. The molecule has 7 heteroatoms. The van der Waals surface area contributed by atoms with Crippen molar-refractivity contribution < 1.29 is 9.47 Å². The third-order valence-corrected chi connectivity index (χ3v) is 4.88. The van der Waals surface area contributed by atoms with Crippen LogP contribution in [0.1, 0.15) is 11.4 Å². The van der Waals surface area contributed by atoms with Gasteiger partial charge in [-0.1, -0.05) is 41.7 Å². The molecule has 2 aromatic carbocycles. The van der Waals surface area contributed by atoms with Crippen molar-refractivity contribution in [3.8, 4) is 16.3 Å². The Morgan fingerprint density at radius 2 is 1.81 bits per heavy atom. The quantitative estimate of drug-likeness (QED) is 0.500. The largest absolute Gasteiger partial charge is 0.489 e. The monoisotopic (exact) mass is 366 g/mol. The third kappa shape index (κ3) is 3.58. The van der Waals surface area contributed by atoms with E-state index in [9.17, 15) is 0 Å². The summed E-state index contributed by atoms with van der Waals surface area (Å²) in [5.74, 6) is 1.65. The van der Waals surface area contributed by atoms with E-state index in [2.05, 4.69) is 27.4 Å². The zero-order valence-electron chi connectivity index (χ0n) is 14.3. The van der Waals surface area contributed by atoms with Crippen LogP contribution in [0.3, 0.4) is 0 Å². The lowest BCUT2D eigenvalue weighted by Crippen LogP contribution is -2.01. The highest BCUT2D eigenvalue weighted by Crippen LogP contribution is 2.27. The van der Waals surface area contributed by atoms with Gasteiger partial charge in [0.15, 0.2) is 5.82 Å². The van der Waals surface area contributed by atoms with Crippen LogP contribution in [0.2, 0.25) is 0 Å². The minimum Gasteiger partial charge on any atom is -0.489 e. The summed E-state index contributed by atoms with van der Waals surface area (Å²) < 4.78 is 12.7. The summed E-state index contributed by atoms with van der Waals surface area (Å²) in [4.78, 5) is 0.788. The molecule has 0 radical (unpaired) electrons. The van der Waals surface area contributed by atoms with Crippen molar-refractivity contribution in [2.45, 2.75) is 13.0 Å². The molecule has 0 spiro atoms. The van der Waals surface area contributed by atoms with Gasteiger partial charge in [0.05, 0.1) is 6.61 Å². The van der Waals surface area contributed by atoms with E-state index in [1.807, 2.05) is 42.5 Å². The van der Waals surface area contributed by atoms with E-state index in [-0.39, 0.29) is 0 Å². The predicted octanol–water partition coefficient (Wildman–Crippen LogP) is 3.62. The summed E-state index contributed by atoms with van der Waals surface area (Å²) in [6.07, 6.45) is 0.688. The fourth-order valence-electron chi connectivity index (χ4n) is 2.56. The van der Waals surface area contributed by atoms with Gasteiger partial charge < -0.3 is 9.47 Å². The Bertz CT molecular complexity index is 980. The van der Waals surface area contributed by atoms with Gasteiger partial charge in [-0.25, -0.2) is 0 Å². The van der Waals surface area contributed by atoms with E-state index in [0.717, 1.165) is 32.7 Å². The van der Waals surface area contributed by atoms with Crippen LogP contribution in [-0.4, -0.2) is 33.5 Å². The highest BCUT2D eigenvalue weighted by atomic mass is 32.1. The van der Waals surface area contributed by atoms with Crippen LogP contribution in [0, 0.1) is 0 Å². The molecule has 2 aromatic heterocycles. The lowest BCUT2D eigenvalue weighted by Gasteiger charge is -2.06. The molecule has 0 amide bonds. The van der Waals surface area contributed by atoms with Gasteiger partial charge in [0.25, 0.3) is 0 Å². The van der Waals surface area contributed by atoms with Gasteiger partial charge in [0.1, 0.15) is 17.4 Å². The Hall–Kier alpha value is -2.77. The molecule has 0 saturated carbocycles. The number of nitrogens with zero attached hydrogens (tertiary/aromatic N) is 4. The smallest absolute Gasteiger partial charge is 0.234 e. The number of rotatable bonds is 7. The Balaban J connectivity index is 1.48. The molecule has 0 bridgehead atoms. The van der Waals surface area contributed by atoms with Gasteiger partial charge in [0.2, 0.25) is 4.96 Å². The van der Waals surface area contributed by atoms with Gasteiger partial charge in [0, 0.05) is 19.1 Å². The standard InChI is InChI=1S/C19H18N4O2S/c1-24-12-11-17-20-21-19-23(17)22-18(26-19)15-7-9-16(10-8-15)25-13-14-5-3-2-4-6-14/h2-10H,11-13H2,1H3. The number of fused-ring (bicyclic) bond motifs is 1. The third-order valence-electron chi connectivity index (χ3n) is 3.93. The highest BCUT2D eigenvalue weighted by molar-refractivity contribution is 7.19. The number of ether oxygens (including phenoxy) is 2. The average Bonchev–Trinajstić information content (AvgIpc) is 3.27. The van der Waals surface area contributed by atoms with Crippen LogP contribution in [-0.2, 0) is 17.8 Å². The highest BCUT2D eigenvalue weighted by Gasteiger charge is 2.12. The first-order valence-electron chi connectivity index (χ1n) is 8.31. The summed E-state index contributed by atoms with van der Waals surface area (Å²) in [5, 5.41) is 13.9. The van der Waals surface area contributed by atoms with Gasteiger partial charge in [-0.15, -0.1) is 10.2 Å². The predicted molar refractivity (Wildman–Crippen MR) is 100 cm³/mol. The van der Waals surface area contributed by atoms with Gasteiger partial charge in [-0.05, 0) is 29.8 Å². The molecule has 132 valence electrons. The molecular formula is C19H18N4O2S. The van der Waals surface area contributed by atoms with Gasteiger partial charge in [-0.2, -0.15) is 9.61 Å². The molecule has 0 unspecified atom stereocenters. The second-order valence-electron chi connectivity index (χ2n) is 5.76. The normalized spacial score (nSPS) is 11.1. The fourth-order valence-corrected chi connectivity index (χ4v) is 3.42. The minimum atomic E-state index is 0.555. The molecular weight excluding hydrogens is 348 g/mol. The molecule has 0 aliphatic rings. The second kappa shape index (κ2) is 7.63.